The van der Waals surface area contributed by atoms with Crippen LogP contribution in [0.2, 0.25) is 0 Å². The van der Waals surface area contributed by atoms with Crippen LogP contribution in [0.4, 0.5) is 0 Å². The van der Waals surface area contributed by atoms with Gasteiger partial charge < -0.3 is 4.42 Å². The minimum atomic E-state index is -0.443. The normalized spacial score (nSPS) is 10.7. The lowest BCUT2D eigenvalue weighted by molar-refractivity contribution is 0.223. The van der Waals surface area contributed by atoms with E-state index in [1.807, 2.05) is 11.0 Å². The van der Waals surface area contributed by atoms with Crippen molar-refractivity contribution in [3.05, 3.63) is 33.2 Å². The summed E-state index contributed by atoms with van der Waals surface area (Å²) in [6.07, 6.45) is 0.697. The molecule has 0 atom stereocenters. The summed E-state index contributed by atoms with van der Waals surface area (Å²) in [4.78, 5) is 13.9. The number of halogens is 1. The number of hydrogen-bond donors (Lipinski definition) is 0. The fourth-order valence-corrected chi connectivity index (χ4v) is 2.38. The van der Waals surface area contributed by atoms with Crippen LogP contribution in [0, 0.1) is 22.7 Å². The first-order chi connectivity index (χ1) is 10.2. The van der Waals surface area contributed by atoms with Gasteiger partial charge in [-0.3, -0.25) is 9.47 Å². The SMILES string of the molecule is N#CCCN(CCC#N)Cn1c(=O)oc2cc(Br)ccc21. The van der Waals surface area contributed by atoms with Crippen molar-refractivity contribution in [2.45, 2.75) is 19.5 Å². The Morgan fingerprint density at radius 2 is 1.90 bits per heavy atom. The van der Waals surface area contributed by atoms with Gasteiger partial charge in [0.05, 0.1) is 24.3 Å². The molecule has 0 saturated heterocycles. The van der Waals surface area contributed by atoms with E-state index >= 15 is 0 Å². The van der Waals surface area contributed by atoms with E-state index in [-0.39, 0.29) is 0 Å². The Balaban J connectivity index is 2.27. The number of nitrogens with zero attached hydrogens (tertiary/aromatic N) is 4. The van der Waals surface area contributed by atoms with Crippen LogP contribution in [0.1, 0.15) is 12.8 Å². The summed E-state index contributed by atoms with van der Waals surface area (Å²) in [5, 5.41) is 17.4. The first-order valence-corrected chi connectivity index (χ1v) is 7.20. The molecule has 7 heteroatoms. The Morgan fingerprint density at radius 1 is 1.24 bits per heavy atom. The van der Waals surface area contributed by atoms with Crippen molar-refractivity contribution in [3.8, 4) is 12.1 Å². The highest BCUT2D eigenvalue weighted by Gasteiger charge is 2.13. The first kappa shape index (κ1) is 15.3. The van der Waals surface area contributed by atoms with Gasteiger partial charge in [0.25, 0.3) is 0 Å². The van der Waals surface area contributed by atoms with Crippen LogP contribution in [-0.4, -0.2) is 22.6 Å². The Hall–Kier alpha value is -2.09. The molecular weight excluding hydrogens is 336 g/mol. The summed E-state index contributed by atoms with van der Waals surface area (Å²) in [5.74, 6) is -0.443. The highest BCUT2D eigenvalue weighted by Crippen LogP contribution is 2.19. The predicted molar refractivity (Wildman–Crippen MR) is 80.2 cm³/mol. The first-order valence-electron chi connectivity index (χ1n) is 6.41. The second kappa shape index (κ2) is 7.07. The van der Waals surface area contributed by atoms with Gasteiger partial charge in [0.1, 0.15) is 0 Å². The summed E-state index contributed by atoms with van der Waals surface area (Å²) in [7, 11) is 0. The van der Waals surface area contributed by atoms with Crippen LogP contribution >= 0.6 is 15.9 Å². The lowest BCUT2D eigenvalue weighted by Crippen LogP contribution is -2.32. The average molecular weight is 349 g/mol. The third-order valence-electron chi connectivity index (χ3n) is 3.05. The summed E-state index contributed by atoms with van der Waals surface area (Å²) in [5.41, 5.74) is 1.21. The zero-order valence-electron chi connectivity index (χ0n) is 11.3. The molecule has 0 aliphatic heterocycles. The van der Waals surface area contributed by atoms with Crippen molar-refractivity contribution in [2.75, 3.05) is 13.1 Å². The highest BCUT2D eigenvalue weighted by atomic mass is 79.9. The Labute approximate surface area is 129 Å². The van der Waals surface area contributed by atoms with Crippen LogP contribution in [0.15, 0.2) is 31.9 Å². The minimum Gasteiger partial charge on any atom is -0.408 e. The quantitative estimate of drug-likeness (QED) is 0.800. The van der Waals surface area contributed by atoms with E-state index in [9.17, 15) is 4.79 Å². The van der Waals surface area contributed by atoms with E-state index in [0.29, 0.717) is 43.7 Å². The lowest BCUT2D eigenvalue weighted by atomic mass is 10.3. The van der Waals surface area contributed by atoms with Gasteiger partial charge in [-0.2, -0.15) is 10.5 Å². The summed E-state index contributed by atoms with van der Waals surface area (Å²) < 4.78 is 7.56. The lowest BCUT2D eigenvalue weighted by Gasteiger charge is -2.19. The monoisotopic (exact) mass is 348 g/mol. The van der Waals surface area contributed by atoms with Crippen LogP contribution < -0.4 is 5.76 Å². The molecule has 1 heterocycles. The second-order valence-electron chi connectivity index (χ2n) is 4.48. The number of oxazole rings is 1. The number of aromatic nitrogens is 1. The fourth-order valence-electron chi connectivity index (χ4n) is 2.04. The van der Waals surface area contributed by atoms with Crippen molar-refractivity contribution in [3.63, 3.8) is 0 Å². The number of benzene rings is 1. The molecule has 21 heavy (non-hydrogen) atoms. The highest BCUT2D eigenvalue weighted by molar-refractivity contribution is 9.10. The molecule has 0 radical (unpaired) electrons. The zero-order valence-corrected chi connectivity index (χ0v) is 12.8. The van der Waals surface area contributed by atoms with Crippen LogP contribution in [0.3, 0.4) is 0 Å². The van der Waals surface area contributed by atoms with E-state index in [1.54, 1.807) is 12.1 Å². The van der Waals surface area contributed by atoms with E-state index in [1.165, 1.54) is 4.57 Å². The fraction of sp³-hybridized carbons (Fsp3) is 0.357. The number of nitriles is 2. The van der Waals surface area contributed by atoms with E-state index in [2.05, 4.69) is 28.1 Å². The topological polar surface area (TPSA) is 86.0 Å². The third kappa shape index (κ3) is 3.72. The maximum atomic E-state index is 12.0. The van der Waals surface area contributed by atoms with Crippen molar-refractivity contribution in [2.24, 2.45) is 0 Å². The molecule has 0 amide bonds. The number of fused-ring (bicyclic) bond motifs is 1. The molecule has 2 aromatic rings. The van der Waals surface area contributed by atoms with E-state index in [4.69, 9.17) is 14.9 Å². The molecule has 0 N–H and O–H groups in total. The maximum Gasteiger partial charge on any atom is 0.421 e. The molecule has 1 aromatic carbocycles. The number of rotatable bonds is 6. The van der Waals surface area contributed by atoms with Crippen molar-refractivity contribution < 1.29 is 4.42 Å². The Bertz CT molecular complexity index is 748. The van der Waals surface area contributed by atoms with E-state index in [0.717, 1.165) is 4.47 Å². The maximum absolute atomic E-state index is 12.0. The molecule has 2 rings (SSSR count). The Kier molecular flexibility index (Phi) is 5.15. The predicted octanol–water partition coefficient (Wildman–Crippen LogP) is 2.44. The zero-order chi connectivity index (χ0) is 15.2. The molecule has 0 unspecified atom stereocenters. The molecule has 0 aliphatic carbocycles. The standard InChI is InChI=1S/C14H13BrN4O2/c15-11-3-4-12-13(9-11)21-14(20)19(12)10-18(7-1-5-16)8-2-6-17/h3-4,9H,1-2,7-8,10H2. The van der Waals surface area contributed by atoms with Gasteiger partial charge in [-0.05, 0) is 18.2 Å². The summed E-state index contributed by atoms with van der Waals surface area (Å²) in [6.45, 7) is 1.32. The van der Waals surface area contributed by atoms with Gasteiger partial charge >= 0.3 is 5.76 Å². The number of hydrogen-bond acceptors (Lipinski definition) is 5. The van der Waals surface area contributed by atoms with Crippen LogP contribution in [-0.2, 0) is 6.67 Å². The van der Waals surface area contributed by atoms with Gasteiger partial charge in [-0.1, -0.05) is 15.9 Å². The summed E-state index contributed by atoms with van der Waals surface area (Å²) >= 11 is 3.33. The Morgan fingerprint density at radius 3 is 2.52 bits per heavy atom. The van der Waals surface area contributed by atoms with Crippen LogP contribution in [0.5, 0.6) is 0 Å². The molecule has 108 valence electrons. The average Bonchev–Trinajstić information content (AvgIpc) is 2.76. The molecule has 0 spiro atoms. The van der Waals surface area contributed by atoms with Crippen molar-refractivity contribution >= 4 is 27.0 Å². The smallest absolute Gasteiger partial charge is 0.408 e. The van der Waals surface area contributed by atoms with Gasteiger partial charge in [0, 0.05) is 30.4 Å². The molecule has 0 saturated carbocycles. The molecule has 1 aromatic heterocycles. The van der Waals surface area contributed by atoms with Crippen molar-refractivity contribution in [1.82, 2.24) is 9.47 Å². The van der Waals surface area contributed by atoms with Gasteiger partial charge in [-0.25, -0.2) is 4.79 Å². The molecule has 0 aliphatic rings. The van der Waals surface area contributed by atoms with Crippen LogP contribution in [0.25, 0.3) is 11.1 Å². The van der Waals surface area contributed by atoms with Crippen molar-refractivity contribution in [1.29, 1.82) is 10.5 Å². The minimum absolute atomic E-state index is 0.302. The molecular formula is C14H13BrN4O2. The van der Waals surface area contributed by atoms with Gasteiger partial charge in [0.2, 0.25) is 0 Å². The molecule has 0 fully saturated rings. The van der Waals surface area contributed by atoms with E-state index < -0.39 is 5.76 Å². The molecule has 6 nitrogen and oxygen atoms in total. The second-order valence-corrected chi connectivity index (χ2v) is 5.40. The third-order valence-corrected chi connectivity index (χ3v) is 3.54. The largest absolute Gasteiger partial charge is 0.421 e. The molecule has 0 bridgehead atoms. The van der Waals surface area contributed by atoms with Gasteiger partial charge in [-0.15, -0.1) is 0 Å². The summed E-state index contributed by atoms with van der Waals surface area (Å²) in [6, 6.07) is 9.52. The van der Waals surface area contributed by atoms with Gasteiger partial charge in [0.15, 0.2) is 5.58 Å².